The highest BCUT2D eigenvalue weighted by Crippen LogP contribution is 2.17. The molecule has 7 heteroatoms. The van der Waals surface area contributed by atoms with E-state index in [1.165, 1.54) is 11.3 Å². The predicted molar refractivity (Wildman–Crippen MR) is 97.5 cm³/mol. The first-order valence-electron chi connectivity index (χ1n) is 9.12. The largest absolute Gasteiger partial charge is 0.354 e. The summed E-state index contributed by atoms with van der Waals surface area (Å²) in [4.78, 5) is 27.9. The summed E-state index contributed by atoms with van der Waals surface area (Å²) < 4.78 is 1.97. The Kier molecular flexibility index (Phi) is 6.45. The summed E-state index contributed by atoms with van der Waals surface area (Å²) in [5.74, 6) is -0.0854. The summed E-state index contributed by atoms with van der Waals surface area (Å²) >= 11 is 0. The lowest BCUT2D eigenvalue weighted by Crippen LogP contribution is -2.48. The molecular weight excluding hydrogens is 318 g/mol. The minimum atomic E-state index is -0.121. The number of rotatable bonds is 5. The third-order valence-electron chi connectivity index (χ3n) is 4.95. The monoisotopic (exact) mass is 349 g/mol. The van der Waals surface area contributed by atoms with Crippen LogP contribution in [0.4, 0.5) is 4.79 Å². The number of nitrogens with one attached hydrogen (secondary N) is 1. The molecule has 1 atom stereocenters. The van der Waals surface area contributed by atoms with Crippen LogP contribution in [0.2, 0.25) is 0 Å². The molecule has 1 N–H and O–H groups in total. The van der Waals surface area contributed by atoms with Gasteiger partial charge in [-0.1, -0.05) is 6.92 Å². The van der Waals surface area contributed by atoms with Gasteiger partial charge in [-0.15, -0.1) is 0 Å². The number of aromatic nitrogens is 2. The molecule has 1 aliphatic heterocycles. The zero-order valence-corrected chi connectivity index (χ0v) is 16.1. The molecule has 1 aromatic heterocycles. The Morgan fingerprint density at radius 1 is 1.32 bits per heavy atom. The Balaban J connectivity index is 1.85. The van der Waals surface area contributed by atoms with Crippen molar-refractivity contribution in [2.75, 3.05) is 33.7 Å². The Hall–Kier alpha value is -2.05. The molecule has 0 radical (unpaired) electrons. The summed E-state index contributed by atoms with van der Waals surface area (Å²) in [6, 6.07) is -0.0211. The van der Waals surface area contributed by atoms with Gasteiger partial charge in [-0.25, -0.2) is 4.79 Å². The number of amides is 3. The molecule has 2 heterocycles. The first kappa shape index (κ1) is 19.3. The molecule has 0 unspecified atom stereocenters. The molecule has 0 bridgehead atoms. The Bertz CT molecular complexity index is 623. The number of likely N-dealkylation sites (tertiary alicyclic amines) is 1. The van der Waals surface area contributed by atoms with Crippen LogP contribution in [0.5, 0.6) is 0 Å². The van der Waals surface area contributed by atoms with Gasteiger partial charge in [0.15, 0.2) is 0 Å². The molecule has 0 spiro atoms. The topological polar surface area (TPSA) is 70.5 Å². The van der Waals surface area contributed by atoms with Crippen molar-refractivity contribution >= 4 is 11.9 Å². The molecular formula is C18H31N5O2. The first-order chi connectivity index (χ1) is 11.8. The molecule has 1 aliphatic rings. The normalized spacial score (nSPS) is 17.5. The summed E-state index contributed by atoms with van der Waals surface area (Å²) in [5.41, 5.74) is 3.53. The van der Waals surface area contributed by atoms with Gasteiger partial charge in [0.05, 0.1) is 18.2 Å². The molecule has 140 valence electrons. The van der Waals surface area contributed by atoms with Crippen molar-refractivity contribution in [2.24, 2.45) is 5.92 Å². The molecule has 0 aromatic carbocycles. The van der Waals surface area contributed by atoms with E-state index in [0.29, 0.717) is 19.6 Å². The quantitative estimate of drug-likeness (QED) is 0.877. The van der Waals surface area contributed by atoms with Crippen LogP contribution in [0.15, 0.2) is 0 Å². The minimum absolute atomic E-state index is 0.0211. The van der Waals surface area contributed by atoms with Crippen molar-refractivity contribution in [2.45, 2.75) is 46.6 Å². The van der Waals surface area contributed by atoms with Gasteiger partial charge in [-0.2, -0.15) is 5.10 Å². The molecule has 7 nitrogen and oxygen atoms in total. The lowest BCUT2D eigenvalue weighted by atomic mass is 9.97. The van der Waals surface area contributed by atoms with Crippen LogP contribution < -0.4 is 5.32 Å². The number of carbonyl (C=O) groups excluding carboxylic acids is 2. The van der Waals surface area contributed by atoms with Crippen molar-refractivity contribution in [1.29, 1.82) is 0 Å². The first-order valence-corrected chi connectivity index (χ1v) is 9.12. The minimum Gasteiger partial charge on any atom is -0.354 e. The predicted octanol–water partition coefficient (Wildman–Crippen LogP) is 1.57. The van der Waals surface area contributed by atoms with Crippen molar-refractivity contribution in [1.82, 2.24) is 24.9 Å². The number of aryl methyl sites for hydroxylation is 1. The van der Waals surface area contributed by atoms with E-state index in [0.717, 1.165) is 31.5 Å². The van der Waals surface area contributed by atoms with Gasteiger partial charge >= 0.3 is 6.03 Å². The molecule has 1 saturated heterocycles. The average molecular weight is 349 g/mol. The Morgan fingerprint density at radius 2 is 2.04 bits per heavy atom. The molecule has 2 rings (SSSR count). The van der Waals surface area contributed by atoms with Crippen LogP contribution >= 0.6 is 0 Å². The number of hydrogen-bond acceptors (Lipinski definition) is 3. The van der Waals surface area contributed by atoms with Gasteiger partial charge in [-0.3, -0.25) is 9.48 Å². The summed E-state index contributed by atoms with van der Waals surface area (Å²) in [5, 5.41) is 7.56. The van der Waals surface area contributed by atoms with Crippen LogP contribution in [0, 0.1) is 19.8 Å². The van der Waals surface area contributed by atoms with Gasteiger partial charge < -0.3 is 15.1 Å². The second-order valence-corrected chi connectivity index (χ2v) is 6.98. The zero-order chi connectivity index (χ0) is 18.6. The van der Waals surface area contributed by atoms with Crippen molar-refractivity contribution in [3.8, 4) is 0 Å². The maximum absolute atomic E-state index is 12.4. The molecule has 25 heavy (non-hydrogen) atoms. The van der Waals surface area contributed by atoms with Crippen molar-refractivity contribution in [3.05, 3.63) is 17.0 Å². The van der Waals surface area contributed by atoms with Crippen LogP contribution in [0.25, 0.3) is 0 Å². The Labute approximate surface area is 150 Å². The highest BCUT2D eigenvalue weighted by Gasteiger charge is 2.28. The maximum atomic E-state index is 12.4. The van der Waals surface area contributed by atoms with Gasteiger partial charge in [0.1, 0.15) is 0 Å². The third-order valence-corrected chi connectivity index (χ3v) is 4.95. The summed E-state index contributed by atoms with van der Waals surface area (Å²) in [7, 11) is 3.48. The lowest BCUT2D eigenvalue weighted by molar-refractivity contribution is -0.126. The highest BCUT2D eigenvalue weighted by atomic mass is 16.2. The number of piperidine rings is 1. The SMILES string of the molecule is CCc1c(C)nn(CCNC(=O)[C@@H]2CCCN(C(=O)N(C)C)C2)c1C. The molecule has 1 aromatic rings. The third kappa shape index (κ3) is 4.52. The summed E-state index contributed by atoms with van der Waals surface area (Å²) in [6.45, 7) is 8.70. The van der Waals surface area contributed by atoms with Gasteiger partial charge in [0, 0.05) is 39.4 Å². The van der Waals surface area contributed by atoms with E-state index in [9.17, 15) is 9.59 Å². The van der Waals surface area contributed by atoms with E-state index in [2.05, 4.69) is 24.3 Å². The fraction of sp³-hybridized carbons (Fsp3) is 0.722. The molecule has 0 aliphatic carbocycles. The second-order valence-electron chi connectivity index (χ2n) is 6.98. The fourth-order valence-corrected chi connectivity index (χ4v) is 3.54. The van der Waals surface area contributed by atoms with E-state index in [-0.39, 0.29) is 17.9 Å². The number of nitrogens with zero attached hydrogens (tertiary/aromatic N) is 4. The van der Waals surface area contributed by atoms with Crippen LogP contribution in [0.3, 0.4) is 0 Å². The second kappa shape index (κ2) is 8.36. The highest BCUT2D eigenvalue weighted by molar-refractivity contribution is 5.80. The smallest absolute Gasteiger partial charge is 0.319 e. The van der Waals surface area contributed by atoms with Crippen molar-refractivity contribution in [3.63, 3.8) is 0 Å². The van der Waals surface area contributed by atoms with Crippen LogP contribution in [-0.2, 0) is 17.8 Å². The summed E-state index contributed by atoms with van der Waals surface area (Å²) in [6.07, 6.45) is 2.68. The molecule has 1 fully saturated rings. The van der Waals surface area contributed by atoms with E-state index < -0.39 is 0 Å². The molecule has 0 saturated carbocycles. The molecule has 3 amide bonds. The standard InChI is InChI=1S/C18H31N5O2/c1-6-16-13(2)20-23(14(16)3)11-9-19-17(24)15-8-7-10-22(12-15)18(25)21(4)5/h15H,6-12H2,1-5H3,(H,19,24)/t15-/m1/s1. The maximum Gasteiger partial charge on any atom is 0.319 e. The van der Waals surface area contributed by atoms with E-state index >= 15 is 0 Å². The fourth-order valence-electron chi connectivity index (χ4n) is 3.54. The van der Waals surface area contributed by atoms with E-state index in [1.54, 1.807) is 23.9 Å². The number of carbonyl (C=O) groups is 2. The lowest BCUT2D eigenvalue weighted by Gasteiger charge is -2.33. The van der Waals surface area contributed by atoms with Gasteiger partial charge in [0.2, 0.25) is 5.91 Å². The van der Waals surface area contributed by atoms with Gasteiger partial charge in [-0.05, 0) is 38.7 Å². The number of urea groups is 1. The van der Waals surface area contributed by atoms with Crippen LogP contribution in [0.1, 0.15) is 36.7 Å². The zero-order valence-electron chi connectivity index (χ0n) is 16.1. The van der Waals surface area contributed by atoms with E-state index in [1.807, 2.05) is 11.6 Å². The Morgan fingerprint density at radius 3 is 2.64 bits per heavy atom. The van der Waals surface area contributed by atoms with Crippen molar-refractivity contribution < 1.29 is 9.59 Å². The van der Waals surface area contributed by atoms with Crippen LogP contribution in [-0.4, -0.2) is 65.2 Å². The van der Waals surface area contributed by atoms with Gasteiger partial charge in [0.25, 0.3) is 0 Å². The number of hydrogen-bond donors (Lipinski definition) is 1. The van der Waals surface area contributed by atoms with E-state index in [4.69, 9.17) is 0 Å². The average Bonchev–Trinajstić information content (AvgIpc) is 2.87.